The maximum absolute atomic E-state index is 12.7. The third-order valence-electron chi connectivity index (χ3n) is 3.77. The molecule has 0 saturated heterocycles. The fourth-order valence-electron chi connectivity index (χ4n) is 2.57. The standard InChI is InChI=1S/C18H15ClF3NO3/c19-14-7-12(8-15-17(14)26-5-4-25-15)9-16(24)23-10-11-2-1-3-13(6-11)18(20,21)22/h1-3,6-8H,4-5,9-10H2,(H,23,24). The molecule has 1 N–H and O–H groups in total. The Morgan fingerprint density at radius 2 is 1.88 bits per heavy atom. The van der Waals surface area contributed by atoms with Gasteiger partial charge in [-0.1, -0.05) is 23.7 Å². The van der Waals surface area contributed by atoms with Crippen LogP contribution < -0.4 is 14.8 Å². The third-order valence-corrected chi connectivity index (χ3v) is 4.05. The van der Waals surface area contributed by atoms with Gasteiger partial charge in [0.05, 0.1) is 17.0 Å². The quantitative estimate of drug-likeness (QED) is 0.865. The molecule has 138 valence electrons. The monoisotopic (exact) mass is 385 g/mol. The van der Waals surface area contributed by atoms with Crippen LogP contribution in [-0.4, -0.2) is 19.1 Å². The number of halogens is 4. The Labute approximate surface area is 152 Å². The van der Waals surface area contributed by atoms with Gasteiger partial charge in [-0.2, -0.15) is 13.2 Å². The van der Waals surface area contributed by atoms with Gasteiger partial charge in [-0.3, -0.25) is 4.79 Å². The molecule has 1 aliphatic rings. The van der Waals surface area contributed by atoms with Crippen LogP contribution in [-0.2, 0) is 23.9 Å². The maximum atomic E-state index is 12.7. The first kappa shape index (κ1) is 18.4. The molecule has 0 aromatic heterocycles. The molecule has 0 atom stereocenters. The fraction of sp³-hybridized carbons (Fsp3) is 0.278. The van der Waals surface area contributed by atoms with Crippen LogP contribution in [0, 0.1) is 0 Å². The second-order valence-corrected chi connectivity index (χ2v) is 6.16. The summed E-state index contributed by atoms with van der Waals surface area (Å²) < 4.78 is 49.0. The minimum absolute atomic E-state index is 0.00103. The first-order chi connectivity index (χ1) is 12.3. The van der Waals surface area contributed by atoms with E-state index in [9.17, 15) is 18.0 Å². The summed E-state index contributed by atoms with van der Waals surface area (Å²) in [5.74, 6) is 0.589. The molecule has 0 fully saturated rings. The van der Waals surface area contributed by atoms with Crippen LogP contribution in [0.2, 0.25) is 5.02 Å². The van der Waals surface area contributed by atoms with E-state index in [1.807, 2.05) is 0 Å². The molecule has 0 spiro atoms. The SMILES string of the molecule is O=C(Cc1cc(Cl)c2c(c1)OCCO2)NCc1cccc(C(F)(F)F)c1. The molecular formula is C18H15ClF3NO3. The average Bonchev–Trinajstić information content (AvgIpc) is 2.59. The highest BCUT2D eigenvalue weighted by atomic mass is 35.5. The van der Waals surface area contributed by atoms with E-state index in [1.54, 1.807) is 12.1 Å². The largest absolute Gasteiger partial charge is 0.486 e. The van der Waals surface area contributed by atoms with Crippen molar-refractivity contribution in [3.8, 4) is 11.5 Å². The second kappa shape index (κ2) is 7.45. The molecule has 1 amide bonds. The summed E-state index contributed by atoms with van der Waals surface area (Å²) in [6, 6.07) is 8.12. The van der Waals surface area contributed by atoms with Crippen molar-refractivity contribution in [3.05, 3.63) is 58.1 Å². The van der Waals surface area contributed by atoms with E-state index >= 15 is 0 Å². The number of carbonyl (C=O) groups is 1. The summed E-state index contributed by atoms with van der Waals surface area (Å²) in [7, 11) is 0. The van der Waals surface area contributed by atoms with E-state index in [1.165, 1.54) is 12.1 Å². The lowest BCUT2D eigenvalue weighted by Gasteiger charge is -2.20. The maximum Gasteiger partial charge on any atom is 0.416 e. The summed E-state index contributed by atoms with van der Waals surface area (Å²) in [5.41, 5.74) is 0.247. The Morgan fingerprint density at radius 1 is 1.12 bits per heavy atom. The highest BCUT2D eigenvalue weighted by molar-refractivity contribution is 6.32. The van der Waals surface area contributed by atoms with Crippen molar-refractivity contribution >= 4 is 17.5 Å². The summed E-state index contributed by atoms with van der Waals surface area (Å²) in [6.45, 7) is 0.805. The Kier molecular flexibility index (Phi) is 5.27. The van der Waals surface area contributed by atoms with Crippen LogP contribution in [0.25, 0.3) is 0 Å². The zero-order valence-electron chi connectivity index (χ0n) is 13.5. The van der Waals surface area contributed by atoms with Gasteiger partial charge in [-0.05, 0) is 35.4 Å². The van der Waals surface area contributed by atoms with Gasteiger partial charge in [-0.15, -0.1) is 0 Å². The van der Waals surface area contributed by atoms with Crippen LogP contribution in [0.5, 0.6) is 11.5 Å². The highest BCUT2D eigenvalue weighted by Crippen LogP contribution is 2.38. The highest BCUT2D eigenvalue weighted by Gasteiger charge is 2.30. The number of fused-ring (bicyclic) bond motifs is 1. The smallest absolute Gasteiger partial charge is 0.416 e. The van der Waals surface area contributed by atoms with Crippen molar-refractivity contribution in [2.45, 2.75) is 19.1 Å². The van der Waals surface area contributed by atoms with Gasteiger partial charge in [0.15, 0.2) is 11.5 Å². The predicted molar refractivity (Wildman–Crippen MR) is 89.4 cm³/mol. The van der Waals surface area contributed by atoms with E-state index in [-0.39, 0.29) is 18.9 Å². The number of hydrogen-bond donors (Lipinski definition) is 1. The molecule has 1 aliphatic heterocycles. The summed E-state index contributed by atoms with van der Waals surface area (Å²) in [6.07, 6.45) is -4.39. The number of hydrogen-bond acceptors (Lipinski definition) is 3. The summed E-state index contributed by atoms with van der Waals surface area (Å²) >= 11 is 6.12. The van der Waals surface area contributed by atoms with Gasteiger partial charge in [0.1, 0.15) is 13.2 Å². The number of amides is 1. The van der Waals surface area contributed by atoms with Gasteiger partial charge < -0.3 is 14.8 Å². The zero-order chi connectivity index (χ0) is 18.7. The molecule has 1 heterocycles. The Hall–Kier alpha value is -2.41. The molecule has 8 heteroatoms. The van der Waals surface area contributed by atoms with Crippen molar-refractivity contribution in [3.63, 3.8) is 0 Å². The number of rotatable bonds is 4. The lowest BCUT2D eigenvalue weighted by Crippen LogP contribution is -2.25. The van der Waals surface area contributed by atoms with Gasteiger partial charge >= 0.3 is 6.18 Å². The van der Waals surface area contributed by atoms with E-state index in [0.717, 1.165) is 12.1 Å². The molecule has 0 bridgehead atoms. The number of alkyl halides is 3. The normalized spacial score (nSPS) is 13.4. The van der Waals surface area contributed by atoms with Crippen LogP contribution >= 0.6 is 11.6 Å². The van der Waals surface area contributed by atoms with Crippen LogP contribution in [0.15, 0.2) is 36.4 Å². The zero-order valence-corrected chi connectivity index (χ0v) is 14.3. The molecule has 0 aliphatic carbocycles. The molecular weight excluding hydrogens is 371 g/mol. The molecule has 4 nitrogen and oxygen atoms in total. The Bertz CT molecular complexity index is 824. The number of benzene rings is 2. The van der Waals surface area contributed by atoms with Gasteiger partial charge in [-0.25, -0.2) is 0 Å². The van der Waals surface area contributed by atoms with Crippen LogP contribution in [0.4, 0.5) is 13.2 Å². The summed E-state index contributed by atoms with van der Waals surface area (Å²) in [5, 5.41) is 2.95. The van der Waals surface area contributed by atoms with Crippen LogP contribution in [0.3, 0.4) is 0 Å². The fourth-order valence-corrected chi connectivity index (χ4v) is 2.86. The molecule has 0 radical (unpaired) electrons. The van der Waals surface area contributed by atoms with Crippen molar-refractivity contribution in [1.29, 1.82) is 0 Å². The molecule has 3 rings (SSSR count). The van der Waals surface area contributed by atoms with Crippen molar-refractivity contribution in [2.75, 3.05) is 13.2 Å². The second-order valence-electron chi connectivity index (χ2n) is 5.75. The molecule has 0 unspecified atom stereocenters. The molecule has 2 aromatic rings. The van der Waals surface area contributed by atoms with E-state index in [4.69, 9.17) is 21.1 Å². The van der Waals surface area contributed by atoms with Gasteiger partial charge in [0, 0.05) is 6.54 Å². The number of nitrogens with one attached hydrogen (secondary N) is 1. The minimum Gasteiger partial charge on any atom is -0.486 e. The lowest BCUT2D eigenvalue weighted by molar-refractivity contribution is -0.137. The molecule has 26 heavy (non-hydrogen) atoms. The first-order valence-electron chi connectivity index (χ1n) is 7.84. The topological polar surface area (TPSA) is 47.6 Å². The summed E-state index contributed by atoms with van der Waals surface area (Å²) in [4.78, 5) is 12.1. The molecule has 2 aromatic carbocycles. The lowest BCUT2D eigenvalue weighted by atomic mass is 10.1. The average molecular weight is 386 g/mol. The predicted octanol–water partition coefficient (Wildman–Crippen LogP) is 3.99. The van der Waals surface area contributed by atoms with Crippen molar-refractivity contribution in [1.82, 2.24) is 5.32 Å². The Morgan fingerprint density at radius 3 is 2.65 bits per heavy atom. The minimum atomic E-state index is -4.41. The van der Waals surface area contributed by atoms with Gasteiger partial charge in [0.2, 0.25) is 5.91 Å². The van der Waals surface area contributed by atoms with Gasteiger partial charge in [0.25, 0.3) is 0 Å². The Balaban J connectivity index is 1.62. The van der Waals surface area contributed by atoms with E-state index < -0.39 is 11.7 Å². The van der Waals surface area contributed by atoms with E-state index in [0.29, 0.717) is 40.9 Å². The van der Waals surface area contributed by atoms with Crippen LogP contribution in [0.1, 0.15) is 16.7 Å². The van der Waals surface area contributed by atoms with Crippen molar-refractivity contribution < 1.29 is 27.4 Å². The third kappa shape index (κ3) is 4.40. The number of carbonyl (C=O) groups excluding carboxylic acids is 1. The van der Waals surface area contributed by atoms with Crippen molar-refractivity contribution in [2.24, 2.45) is 0 Å². The molecule has 0 saturated carbocycles. The van der Waals surface area contributed by atoms with E-state index in [2.05, 4.69) is 5.32 Å². The number of ether oxygens (including phenoxy) is 2. The first-order valence-corrected chi connectivity index (χ1v) is 8.21.